The van der Waals surface area contributed by atoms with Crippen LogP contribution in [0, 0.1) is 0 Å². The van der Waals surface area contributed by atoms with Crippen LogP contribution in [-0.2, 0) is 11.2 Å². The van der Waals surface area contributed by atoms with Crippen LogP contribution in [0.25, 0.3) is 10.2 Å². The molecule has 0 radical (unpaired) electrons. The molecule has 2 heterocycles. The van der Waals surface area contributed by atoms with E-state index in [4.69, 9.17) is 4.74 Å². The number of para-hydroxylation sites is 1. The number of nitrogens with zero attached hydrogens (tertiary/aromatic N) is 2. The fourth-order valence-corrected chi connectivity index (χ4v) is 4.08. The van der Waals surface area contributed by atoms with E-state index in [9.17, 15) is 4.79 Å². The van der Waals surface area contributed by atoms with Crippen LogP contribution in [0.5, 0.6) is 5.19 Å². The van der Waals surface area contributed by atoms with E-state index in [0.717, 1.165) is 15.8 Å². The molecule has 1 aliphatic rings. The minimum Gasteiger partial charge on any atom is -0.463 e. The first kappa shape index (κ1) is 16.4. The number of fused-ring (bicyclic) bond motifs is 1. The number of thioether (sulfide) groups is 1. The predicted octanol–water partition coefficient (Wildman–Crippen LogP) is 3.85. The average molecular weight is 370 g/mol. The zero-order chi connectivity index (χ0) is 17.2. The Balaban J connectivity index is 1.29. The van der Waals surface area contributed by atoms with E-state index < -0.39 is 0 Å². The SMILES string of the molecule is CSc1ccc(CC(=O)N2CC(Oc3nc4ccccc4s3)C2)cc1. The Morgan fingerprint density at radius 2 is 2.00 bits per heavy atom. The lowest BCUT2D eigenvalue weighted by atomic mass is 10.1. The maximum atomic E-state index is 12.3. The molecule has 0 saturated carbocycles. The summed E-state index contributed by atoms with van der Waals surface area (Å²) < 4.78 is 7.03. The molecule has 6 heteroatoms. The standard InChI is InChI=1S/C19H18N2O2S2/c1-24-15-8-6-13(7-9-15)10-18(22)21-11-14(12-21)23-19-20-16-4-2-3-5-17(16)25-19/h2-9,14H,10-12H2,1H3. The maximum Gasteiger partial charge on any atom is 0.274 e. The second-order valence-electron chi connectivity index (χ2n) is 6.01. The van der Waals surface area contributed by atoms with Crippen LogP contribution in [0.2, 0.25) is 0 Å². The summed E-state index contributed by atoms with van der Waals surface area (Å²) >= 11 is 3.26. The summed E-state index contributed by atoms with van der Waals surface area (Å²) in [7, 11) is 0. The Labute approximate surface area is 154 Å². The van der Waals surface area contributed by atoms with Crippen molar-refractivity contribution >= 4 is 39.2 Å². The van der Waals surface area contributed by atoms with Gasteiger partial charge in [0.2, 0.25) is 5.91 Å². The zero-order valence-corrected chi connectivity index (χ0v) is 15.5. The first-order valence-electron chi connectivity index (χ1n) is 8.14. The van der Waals surface area contributed by atoms with Gasteiger partial charge in [0.15, 0.2) is 0 Å². The van der Waals surface area contributed by atoms with Crippen molar-refractivity contribution in [2.45, 2.75) is 17.4 Å². The Morgan fingerprint density at radius 3 is 2.72 bits per heavy atom. The molecular weight excluding hydrogens is 352 g/mol. The molecular formula is C19H18N2O2S2. The molecule has 4 rings (SSSR count). The summed E-state index contributed by atoms with van der Waals surface area (Å²) in [6, 6.07) is 16.2. The molecule has 0 atom stereocenters. The minimum atomic E-state index is 0.0448. The monoisotopic (exact) mass is 370 g/mol. The highest BCUT2D eigenvalue weighted by molar-refractivity contribution is 7.98. The van der Waals surface area contributed by atoms with E-state index in [-0.39, 0.29) is 12.0 Å². The number of aromatic nitrogens is 1. The van der Waals surface area contributed by atoms with E-state index in [1.807, 2.05) is 47.6 Å². The van der Waals surface area contributed by atoms with Gasteiger partial charge >= 0.3 is 0 Å². The molecule has 0 N–H and O–H groups in total. The number of hydrogen-bond donors (Lipinski definition) is 0. The molecule has 1 amide bonds. The van der Waals surface area contributed by atoms with Crippen LogP contribution < -0.4 is 4.74 Å². The second kappa shape index (κ2) is 7.06. The number of thiazole rings is 1. The third kappa shape index (κ3) is 3.65. The smallest absolute Gasteiger partial charge is 0.274 e. The minimum absolute atomic E-state index is 0.0448. The van der Waals surface area contributed by atoms with E-state index in [0.29, 0.717) is 24.7 Å². The van der Waals surface area contributed by atoms with Gasteiger partial charge in [-0.05, 0) is 36.1 Å². The van der Waals surface area contributed by atoms with Crippen molar-refractivity contribution in [3.63, 3.8) is 0 Å². The highest BCUT2D eigenvalue weighted by atomic mass is 32.2. The second-order valence-corrected chi connectivity index (χ2v) is 7.88. The van der Waals surface area contributed by atoms with Crippen LogP contribution >= 0.6 is 23.1 Å². The number of rotatable bonds is 5. The summed E-state index contributed by atoms with van der Waals surface area (Å²) in [4.78, 5) is 19.9. The number of hydrogen-bond acceptors (Lipinski definition) is 5. The van der Waals surface area contributed by atoms with Crippen LogP contribution in [0.15, 0.2) is 53.4 Å². The van der Waals surface area contributed by atoms with E-state index >= 15 is 0 Å². The number of ether oxygens (including phenoxy) is 1. The van der Waals surface area contributed by atoms with Gasteiger partial charge in [-0.15, -0.1) is 11.8 Å². The first-order valence-corrected chi connectivity index (χ1v) is 10.2. The average Bonchev–Trinajstić information content (AvgIpc) is 3.01. The number of amides is 1. The van der Waals surface area contributed by atoms with Crippen molar-refractivity contribution in [3.8, 4) is 5.19 Å². The largest absolute Gasteiger partial charge is 0.463 e. The van der Waals surface area contributed by atoms with E-state index in [2.05, 4.69) is 17.1 Å². The quantitative estimate of drug-likeness (QED) is 0.640. The van der Waals surface area contributed by atoms with Crippen LogP contribution in [0.1, 0.15) is 5.56 Å². The summed E-state index contributed by atoms with van der Waals surface area (Å²) in [5.41, 5.74) is 2.02. The van der Waals surface area contributed by atoms with Gasteiger partial charge in [0.05, 0.1) is 29.7 Å². The Hall–Kier alpha value is -2.05. The van der Waals surface area contributed by atoms with Crippen molar-refractivity contribution in [3.05, 3.63) is 54.1 Å². The lowest BCUT2D eigenvalue weighted by molar-refractivity contribution is -0.139. The first-order chi connectivity index (χ1) is 12.2. The van der Waals surface area contributed by atoms with Crippen molar-refractivity contribution in [2.24, 2.45) is 0 Å². The summed E-state index contributed by atoms with van der Waals surface area (Å²) in [5, 5.41) is 0.686. The summed E-state index contributed by atoms with van der Waals surface area (Å²) in [5.74, 6) is 0.154. The summed E-state index contributed by atoms with van der Waals surface area (Å²) in [6.07, 6.45) is 2.54. The van der Waals surface area contributed by atoms with E-state index in [1.54, 1.807) is 23.1 Å². The number of carbonyl (C=O) groups excluding carboxylic acids is 1. The lowest BCUT2D eigenvalue weighted by Crippen LogP contribution is -2.56. The fraction of sp³-hybridized carbons (Fsp3) is 0.263. The Morgan fingerprint density at radius 1 is 1.24 bits per heavy atom. The molecule has 128 valence electrons. The molecule has 0 spiro atoms. The Kier molecular flexibility index (Phi) is 4.63. The topological polar surface area (TPSA) is 42.4 Å². The number of benzene rings is 2. The number of carbonyl (C=O) groups is 1. The molecule has 1 saturated heterocycles. The van der Waals surface area contributed by atoms with Gasteiger partial charge in [0.1, 0.15) is 6.10 Å². The van der Waals surface area contributed by atoms with Crippen molar-refractivity contribution in [2.75, 3.05) is 19.3 Å². The molecule has 25 heavy (non-hydrogen) atoms. The van der Waals surface area contributed by atoms with Crippen LogP contribution in [-0.4, -0.2) is 41.2 Å². The van der Waals surface area contributed by atoms with Crippen molar-refractivity contribution < 1.29 is 9.53 Å². The normalized spacial score (nSPS) is 14.5. The van der Waals surface area contributed by atoms with Gasteiger partial charge in [-0.3, -0.25) is 4.79 Å². The van der Waals surface area contributed by atoms with Gasteiger partial charge in [-0.25, -0.2) is 4.98 Å². The molecule has 0 bridgehead atoms. The molecule has 2 aromatic carbocycles. The van der Waals surface area contributed by atoms with Gasteiger partial charge in [0, 0.05) is 4.90 Å². The van der Waals surface area contributed by atoms with Gasteiger partial charge in [-0.1, -0.05) is 35.6 Å². The Bertz CT molecular complexity index is 853. The fourth-order valence-electron chi connectivity index (χ4n) is 2.79. The van der Waals surface area contributed by atoms with Crippen LogP contribution in [0.4, 0.5) is 0 Å². The molecule has 4 nitrogen and oxygen atoms in total. The highest BCUT2D eigenvalue weighted by Gasteiger charge is 2.32. The molecule has 0 unspecified atom stereocenters. The highest BCUT2D eigenvalue weighted by Crippen LogP contribution is 2.29. The van der Waals surface area contributed by atoms with Gasteiger partial charge in [-0.2, -0.15) is 0 Å². The zero-order valence-electron chi connectivity index (χ0n) is 13.8. The van der Waals surface area contributed by atoms with Crippen molar-refractivity contribution in [1.29, 1.82) is 0 Å². The third-order valence-corrected chi connectivity index (χ3v) is 5.93. The molecule has 1 aliphatic heterocycles. The third-order valence-electron chi connectivity index (χ3n) is 4.26. The predicted molar refractivity (Wildman–Crippen MR) is 103 cm³/mol. The van der Waals surface area contributed by atoms with Gasteiger partial charge in [0.25, 0.3) is 5.19 Å². The molecule has 1 fully saturated rings. The van der Waals surface area contributed by atoms with Crippen molar-refractivity contribution in [1.82, 2.24) is 9.88 Å². The molecule has 0 aliphatic carbocycles. The van der Waals surface area contributed by atoms with Gasteiger partial charge < -0.3 is 9.64 Å². The molecule has 3 aromatic rings. The molecule has 1 aromatic heterocycles. The maximum absolute atomic E-state index is 12.3. The number of likely N-dealkylation sites (tertiary alicyclic amines) is 1. The van der Waals surface area contributed by atoms with Crippen LogP contribution in [0.3, 0.4) is 0 Å². The lowest BCUT2D eigenvalue weighted by Gasteiger charge is -2.38. The van der Waals surface area contributed by atoms with E-state index in [1.165, 1.54) is 4.90 Å². The summed E-state index contributed by atoms with van der Waals surface area (Å²) in [6.45, 7) is 1.27.